The zero-order valence-electron chi connectivity index (χ0n) is 9.63. The molecule has 0 saturated carbocycles. The molecule has 2 nitrogen and oxygen atoms in total. The second-order valence-electron chi connectivity index (χ2n) is 4.10. The summed E-state index contributed by atoms with van der Waals surface area (Å²) in [6, 6.07) is 6.08. The van der Waals surface area contributed by atoms with Gasteiger partial charge in [0.15, 0.2) is 0 Å². The summed E-state index contributed by atoms with van der Waals surface area (Å²) < 4.78 is 1.22. The fraction of sp³-hybridized carbons (Fsp3) is 0.500. The Morgan fingerprint density at radius 2 is 2.13 bits per heavy atom. The Bertz CT molecular complexity index is 325. The van der Waals surface area contributed by atoms with E-state index >= 15 is 0 Å². The summed E-state index contributed by atoms with van der Waals surface area (Å²) >= 11 is 2.34. The third-order valence-electron chi connectivity index (χ3n) is 2.67. The lowest BCUT2D eigenvalue weighted by Gasteiger charge is -2.24. The van der Waals surface area contributed by atoms with Crippen molar-refractivity contribution in [1.82, 2.24) is 0 Å². The predicted molar refractivity (Wildman–Crippen MR) is 76.3 cm³/mol. The van der Waals surface area contributed by atoms with Crippen LogP contribution in [0.25, 0.3) is 0 Å². The van der Waals surface area contributed by atoms with Crippen molar-refractivity contribution in [3.05, 3.63) is 21.8 Å². The largest absolute Gasteiger partial charge is 0.399 e. The number of anilines is 2. The molecule has 0 aliphatic heterocycles. The van der Waals surface area contributed by atoms with E-state index in [1.165, 1.54) is 15.7 Å². The van der Waals surface area contributed by atoms with E-state index in [0.29, 0.717) is 0 Å². The van der Waals surface area contributed by atoms with Gasteiger partial charge in [-0.3, -0.25) is 0 Å². The number of rotatable bonds is 4. The molecule has 1 rings (SSSR count). The fourth-order valence-electron chi connectivity index (χ4n) is 1.53. The molecule has 0 spiro atoms. The van der Waals surface area contributed by atoms with Crippen LogP contribution in [0.2, 0.25) is 0 Å². The van der Waals surface area contributed by atoms with Crippen LogP contribution in [-0.2, 0) is 0 Å². The second-order valence-corrected chi connectivity index (χ2v) is 5.27. The Hall–Kier alpha value is -0.450. The molecule has 1 unspecified atom stereocenters. The maximum atomic E-state index is 5.73. The van der Waals surface area contributed by atoms with Crippen molar-refractivity contribution in [3.8, 4) is 0 Å². The molecule has 0 amide bonds. The van der Waals surface area contributed by atoms with Gasteiger partial charge in [0, 0.05) is 22.8 Å². The molecule has 3 heteroatoms. The van der Waals surface area contributed by atoms with Gasteiger partial charge in [-0.25, -0.2) is 0 Å². The van der Waals surface area contributed by atoms with Gasteiger partial charge < -0.3 is 10.6 Å². The van der Waals surface area contributed by atoms with Crippen LogP contribution in [0.1, 0.15) is 20.3 Å². The number of hydrogen-bond donors (Lipinski definition) is 1. The highest BCUT2D eigenvalue weighted by atomic mass is 127. The van der Waals surface area contributed by atoms with Crippen molar-refractivity contribution in [1.29, 1.82) is 0 Å². The zero-order valence-corrected chi connectivity index (χ0v) is 11.8. The van der Waals surface area contributed by atoms with Crippen LogP contribution in [0.3, 0.4) is 0 Å². The lowest BCUT2D eigenvalue weighted by Crippen LogP contribution is -2.24. The van der Waals surface area contributed by atoms with E-state index in [1.54, 1.807) is 0 Å². The van der Waals surface area contributed by atoms with Crippen molar-refractivity contribution in [2.45, 2.75) is 20.3 Å². The highest BCUT2D eigenvalue weighted by molar-refractivity contribution is 14.1. The SMILES string of the molecule is CCC(C)CN(C)c1ccc(N)cc1I. The summed E-state index contributed by atoms with van der Waals surface area (Å²) in [6.07, 6.45) is 1.22. The molecular weight excluding hydrogens is 299 g/mol. The quantitative estimate of drug-likeness (QED) is 0.681. The maximum absolute atomic E-state index is 5.73. The molecule has 0 aromatic heterocycles. The Labute approximate surface area is 106 Å². The van der Waals surface area contributed by atoms with Crippen molar-refractivity contribution < 1.29 is 0 Å². The Balaban J connectivity index is 2.77. The number of benzene rings is 1. The van der Waals surface area contributed by atoms with E-state index in [-0.39, 0.29) is 0 Å². The van der Waals surface area contributed by atoms with Crippen LogP contribution in [0.15, 0.2) is 18.2 Å². The summed E-state index contributed by atoms with van der Waals surface area (Å²) in [5, 5.41) is 0. The van der Waals surface area contributed by atoms with Crippen LogP contribution >= 0.6 is 22.6 Å². The van der Waals surface area contributed by atoms with E-state index in [2.05, 4.69) is 54.5 Å². The van der Waals surface area contributed by atoms with Gasteiger partial charge in [0.2, 0.25) is 0 Å². The molecule has 1 atom stereocenters. The van der Waals surface area contributed by atoms with Gasteiger partial charge in [-0.05, 0) is 46.7 Å². The Morgan fingerprint density at radius 3 is 2.67 bits per heavy atom. The van der Waals surface area contributed by atoms with Crippen LogP contribution in [0.5, 0.6) is 0 Å². The first-order chi connectivity index (χ1) is 7.04. The van der Waals surface area contributed by atoms with Gasteiger partial charge in [-0.15, -0.1) is 0 Å². The summed E-state index contributed by atoms with van der Waals surface area (Å²) in [7, 11) is 2.14. The average Bonchev–Trinajstić information content (AvgIpc) is 2.17. The summed E-state index contributed by atoms with van der Waals surface area (Å²) in [5.74, 6) is 0.725. The summed E-state index contributed by atoms with van der Waals surface area (Å²) in [5.41, 5.74) is 7.83. The molecule has 0 aliphatic rings. The van der Waals surface area contributed by atoms with Crippen molar-refractivity contribution in [2.75, 3.05) is 24.2 Å². The van der Waals surface area contributed by atoms with E-state index in [4.69, 9.17) is 5.73 Å². The third kappa shape index (κ3) is 3.55. The Kier molecular flexibility index (Phi) is 4.70. The van der Waals surface area contributed by atoms with Gasteiger partial charge in [0.1, 0.15) is 0 Å². The maximum Gasteiger partial charge on any atom is 0.0500 e. The zero-order chi connectivity index (χ0) is 11.4. The standard InChI is InChI=1S/C12H19IN2/c1-4-9(2)8-15(3)12-6-5-10(14)7-11(12)13/h5-7,9H,4,8,14H2,1-3H3. The molecule has 0 radical (unpaired) electrons. The first kappa shape index (κ1) is 12.6. The lowest BCUT2D eigenvalue weighted by atomic mass is 10.1. The van der Waals surface area contributed by atoms with E-state index in [9.17, 15) is 0 Å². The summed E-state index contributed by atoms with van der Waals surface area (Å²) in [6.45, 7) is 5.60. The highest BCUT2D eigenvalue weighted by Crippen LogP contribution is 2.24. The minimum atomic E-state index is 0.725. The molecule has 1 aromatic rings. The monoisotopic (exact) mass is 318 g/mol. The van der Waals surface area contributed by atoms with Crippen LogP contribution < -0.4 is 10.6 Å². The topological polar surface area (TPSA) is 29.3 Å². The summed E-state index contributed by atoms with van der Waals surface area (Å²) in [4.78, 5) is 2.30. The molecule has 1 aromatic carbocycles. The van der Waals surface area contributed by atoms with E-state index < -0.39 is 0 Å². The molecule has 0 bridgehead atoms. The van der Waals surface area contributed by atoms with Crippen LogP contribution in [-0.4, -0.2) is 13.6 Å². The fourth-order valence-corrected chi connectivity index (χ4v) is 2.48. The van der Waals surface area contributed by atoms with E-state index in [0.717, 1.165) is 18.2 Å². The third-order valence-corrected chi connectivity index (χ3v) is 3.53. The molecule has 84 valence electrons. The van der Waals surface area contributed by atoms with Crippen molar-refractivity contribution in [3.63, 3.8) is 0 Å². The molecule has 0 saturated heterocycles. The number of nitrogens with two attached hydrogens (primary N) is 1. The molecule has 0 fully saturated rings. The minimum absolute atomic E-state index is 0.725. The van der Waals surface area contributed by atoms with Crippen LogP contribution in [0.4, 0.5) is 11.4 Å². The lowest BCUT2D eigenvalue weighted by molar-refractivity contribution is 0.559. The van der Waals surface area contributed by atoms with Crippen molar-refractivity contribution in [2.24, 2.45) is 5.92 Å². The normalized spacial score (nSPS) is 12.5. The second kappa shape index (κ2) is 5.58. The number of nitrogen functional groups attached to an aromatic ring is 1. The highest BCUT2D eigenvalue weighted by Gasteiger charge is 2.08. The molecule has 0 aliphatic carbocycles. The number of hydrogen-bond acceptors (Lipinski definition) is 2. The first-order valence-corrected chi connectivity index (χ1v) is 6.38. The first-order valence-electron chi connectivity index (χ1n) is 5.30. The molecule has 2 N–H and O–H groups in total. The smallest absolute Gasteiger partial charge is 0.0500 e. The van der Waals surface area contributed by atoms with Crippen LogP contribution in [0, 0.1) is 9.49 Å². The molecule has 0 heterocycles. The van der Waals surface area contributed by atoms with Gasteiger partial charge in [0.05, 0.1) is 5.69 Å². The number of halogens is 1. The number of nitrogens with zero attached hydrogens (tertiary/aromatic N) is 1. The van der Waals surface area contributed by atoms with Gasteiger partial charge in [-0.1, -0.05) is 20.3 Å². The van der Waals surface area contributed by atoms with Crippen molar-refractivity contribution >= 4 is 34.0 Å². The molecular formula is C12H19IN2. The van der Waals surface area contributed by atoms with E-state index in [1.807, 2.05) is 12.1 Å². The van der Waals surface area contributed by atoms with Gasteiger partial charge in [-0.2, -0.15) is 0 Å². The minimum Gasteiger partial charge on any atom is -0.399 e. The van der Waals surface area contributed by atoms with Gasteiger partial charge in [0.25, 0.3) is 0 Å². The van der Waals surface area contributed by atoms with Gasteiger partial charge >= 0.3 is 0 Å². The average molecular weight is 318 g/mol. The Morgan fingerprint density at radius 1 is 1.47 bits per heavy atom. The molecule has 15 heavy (non-hydrogen) atoms. The predicted octanol–water partition coefficient (Wildman–Crippen LogP) is 3.36.